The van der Waals surface area contributed by atoms with Crippen molar-refractivity contribution in [2.45, 2.75) is 0 Å². The van der Waals surface area contributed by atoms with Gasteiger partial charge in [0.05, 0.1) is 23.4 Å². The minimum Gasteiger partial charge on any atom is -0.497 e. The van der Waals surface area contributed by atoms with Crippen LogP contribution in [0.25, 0.3) is 0 Å². The Hall–Kier alpha value is -2.05. The highest BCUT2D eigenvalue weighted by molar-refractivity contribution is 7.12. The number of hydrogen-bond donors (Lipinski definition) is 2. The lowest BCUT2D eigenvalue weighted by Gasteiger charge is -2.09. The number of carboxylic acids is 1. The number of carboxylic acid groups (broad SMARTS) is 1. The molecule has 1 amide bonds. The van der Waals surface area contributed by atoms with E-state index in [1.165, 1.54) is 36.6 Å². The van der Waals surface area contributed by atoms with Gasteiger partial charge >= 0.3 is 5.97 Å². The van der Waals surface area contributed by atoms with Gasteiger partial charge in [0.2, 0.25) is 0 Å². The van der Waals surface area contributed by atoms with Crippen molar-refractivity contribution in [3.8, 4) is 5.75 Å². The van der Waals surface area contributed by atoms with Crippen LogP contribution in [0.5, 0.6) is 5.75 Å². The predicted molar refractivity (Wildman–Crippen MR) is 77.2 cm³/mol. The zero-order chi connectivity index (χ0) is 14.7. The number of hydrogen-bond acceptors (Lipinski definition) is 4. The second kappa shape index (κ2) is 5.94. The van der Waals surface area contributed by atoms with Crippen LogP contribution in [0, 0.1) is 0 Å². The van der Waals surface area contributed by atoms with Crippen molar-refractivity contribution in [2.24, 2.45) is 0 Å². The lowest BCUT2D eigenvalue weighted by atomic mass is 10.1. The molecule has 0 spiro atoms. The van der Waals surface area contributed by atoms with E-state index in [4.69, 9.17) is 21.4 Å². The Kier molecular flexibility index (Phi) is 4.26. The van der Waals surface area contributed by atoms with Crippen molar-refractivity contribution in [1.82, 2.24) is 0 Å². The van der Waals surface area contributed by atoms with E-state index in [-0.39, 0.29) is 11.3 Å². The van der Waals surface area contributed by atoms with Crippen LogP contribution in [0.1, 0.15) is 20.0 Å². The van der Waals surface area contributed by atoms with Crippen LogP contribution < -0.4 is 10.1 Å². The summed E-state index contributed by atoms with van der Waals surface area (Å²) in [6.07, 6.45) is 0. The van der Waals surface area contributed by atoms with E-state index in [1.54, 1.807) is 11.4 Å². The quantitative estimate of drug-likeness (QED) is 0.907. The lowest BCUT2D eigenvalue weighted by molar-refractivity contribution is 0.0698. The van der Waals surface area contributed by atoms with Crippen molar-refractivity contribution in [1.29, 1.82) is 0 Å². The molecule has 1 aromatic heterocycles. The standard InChI is InChI=1S/C13H10ClNO4S/c1-19-7-2-3-8(13(17)18)10(6-7)15-12(16)11-9(14)4-5-20-11/h2-6H,1H3,(H,15,16)(H,17,18). The Morgan fingerprint density at radius 1 is 1.35 bits per heavy atom. The maximum Gasteiger partial charge on any atom is 0.337 e. The number of benzene rings is 1. The minimum atomic E-state index is -1.14. The van der Waals surface area contributed by atoms with E-state index >= 15 is 0 Å². The molecular weight excluding hydrogens is 302 g/mol. The number of nitrogens with one attached hydrogen (secondary N) is 1. The molecule has 0 unspecified atom stereocenters. The summed E-state index contributed by atoms with van der Waals surface area (Å²) in [5, 5.41) is 13.7. The summed E-state index contributed by atoms with van der Waals surface area (Å²) < 4.78 is 5.02. The van der Waals surface area contributed by atoms with Gasteiger partial charge in [-0.15, -0.1) is 11.3 Å². The average Bonchev–Trinajstić information content (AvgIpc) is 2.84. The number of halogens is 1. The Balaban J connectivity index is 2.34. The Labute approximate surface area is 123 Å². The number of rotatable bonds is 4. The first-order chi connectivity index (χ1) is 9.52. The number of ether oxygens (including phenoxy) is 1. The van der Waals surface area contributed by atoms with E-state index < -0.39 is 11.9 Å². The molecule has 20 heavy (non-hydrogen) atoms. The smallest absolute Gasteiger partial charge is 0.337 e. The molecule has 0 saturated carbocycles. The first kappa shape index (κ1) is 14.4. The zero-order valence-corrected chi connectivity index (χ0v) is 11.9. The number of carbonyl (C=O) groups excluding carboxylic acids is 1. The number of amides is 1. The van der Waals surface area contributed by atoms with Crippen LogP contribution in [-0.4, -0.2) is 24.1 Å². The fraction of sp³-hybridized carbons (Fsp3) is 0.0769. The van der Waals surface area contributed by atoms with Crippen LogP contribution in [-0.2, 0) is 0 Å². The van der Waals surface area contributed by atoms with Gasteiger partial charge in [-0.05, 0) is 23.6 Å². The molecule has 0 aliphatic carbocycles. The first-order valence-electron chi connectivity index (χ1n) is 5.48. The molecule has 1 heterocycles. The van der Waals surface area contributed by atoms with E-state index in [2.05, 4.69) is 5.32 Å². The third-order valence-electron chi connectivity index (χ3n) is 2.53. The SMILES string of the molecule is COc1ccc(C(=O)O)c(NC(=O)c2sccc2Cl)c1. The zero-order valence-electron chi connectivity index (χ0n) is 10.3. The highest BCUT2D eigenvalue weighted by Crippen LogP contribution is 2.26. The molecule has 0 aliphatic rings. The number of carbonyl (C=O) groups is 2. The fourth-order valence-electron chi connectivity index (χ4n) is 1.58. The molecule has 0 bridgehead atoms. The third kappa shape index (κ3) is 2.92. The fourth-order valence-corrected chi connectivity index (χ4v) is 2.61. The molecule has 5 nitrogen and oxygen atoms in total. The summed E-state index contributed by atoms with van der Waals surface area (Å²) in [5.41, 5.74) is 0.137. The van der Waals surface area contributed by atoms with Crippen LogP contribution in [0.4, 0.5) is 5.69 Å². The van der Waals surface area contributed by atoms with Gasteiger partial charge in [-0.3, -0.25) is 4.79 Å². The summed E-state index contributed by atoms with van der Waals surface area (Å²) in [6.45, 7) is 0. The lowest BCUT2D eigenvalue weighted by Crippen LogP contribution is -2.14. The third-order valence-corrected chi connectivity index (χ3v) is 3.87. The summed E-state index contributed by atoms with van der Waals surface area (Å²) in [7, 11) is 1.46. The number of thiophene rings is 1. The Morgan fingerprint density at radius 2 is 2.10 bits per heavy atom. The molecule has 0 saturated heterocycles. The molecule has 0 atom stereocenters. The van der Waals surface area contributed by atoms with E-state index in [1.807, 2.05) is 0 Å². The van der Waals surface area contributed by atoms with Gasteiger partial charge < -0.3 is 15.2 Å². The molecule has 2 rings (SSSR count). The van der Waals surface area contributed by atoms with Gasteiger partial charge in [-0.1, -0.05) is 11.6 Å². The van der Waals surface area contributed by atoms with Crippen molar-refractivity contribution in [2.75, 3.05) is 12.4 Å². The molecular formula is C13H10ClNO4S. The normalized spacial score (nSPS) is 10.1. The average molecular weight is 312 g/mol. The Morgan fingerprint density at radius 3 is 2.65 bits per heavy atom. The monoisotopic (exact) mass is 311 g/mol. The summed E-state index contributed by atoms with van der Waals surface area (Å²) in [6, 6.07) is 5.93. The van der Waals surface area contributed by atoms with Gasteiger partial charge in [-0.2, -0.15) is 0 Å². The van der Waals surface area contributed by atoms with Crippen molar-refractivity contribution < 1.29 is 19.4 Å². The van der Waals surface area contributed by atoms with E-state index in [0.29, 0.717) is 15.6 Å². The van der Waals surface area contributed by atoms with Crippen molar-refractivity contribution in [3.63, 3.8) is 0 Å². The van der Waals surface area contributed by atoms with Gasteiger partial charge in [0.25, 0.3) is 5.91 Å². The van der Waals surface area contributed by atoms with Gasteiger partial charge in [0.1, 0.15) is 10.6 Å². The summed E-state index contributed by atoms with van der Waals surface area (Å²) in [5.74, 6) is -1.15. The molecule has 0 radical (unpaired) electrons. The molecule has 0 aliphatic heterocycles. The first-order valence-corrected chi connectivity index (χ1v) is 6.74. The van der Waals surface area contributed by atoms with Gasteiger partial charge in [0.15, 0.2) is 0 Å². The van der Waals surface area contributed by atoms with Gasteiger partial charge in [0, 0.05) is 6.07 Å². The molecule has 1 aromatic carbocycles. The maximum atomic E-state index is 12.1. The second-order valence-electron chi connectivity index (χ2n) is 3.77. The van der Waals surface area contributed by atoms with Crippen LogP contribution >= 0.6 is 22.9 Å². The number of methoxy groups -OCH3 is 1. The molecule has 0 fully saturated rings. The number of anilines is 1. The number of aromatic carboxylic acids is 1. The molecule has 104 valence electrons. The van der Waals surface area contributed by atoms with Crippen LogP contribution in [0.3, 0.4) is 0 Å². The van der Waals surface area contributed by atoms with Crippen molar-refractivity contribution >= 4 is 40.5 Å². The maximum absolute atomic E-state index is 12.1. The largest absolute Gasteiger partial charge is 0.497 e. The van der Waals surface area contributed by atoms with Crippen LogP contribution in [0.2, 0.25) is 5.02 Å². The van der Waals surface area contributed by atoms with E-state index in [9.17, 15) is 9.59 Å². The highest BCUT2D eigenvalue weighted by atomic mass is 35.5. The Bertz CT molecular complexity index is 668. The summed E-state index contributed by atoms with van der Waals surface area (Å²) in [4.78, 5) is 23.5. The van der Waals surface area contributed by atoms with Gasteiger partial charge in [-0.25, -0.2) is 4.79 Å². The second-order valence-corrected chi connectivity index (χ2v) is 5.09. The van der Waals surface area contributed by atoms with E-state index in [0.717, 1.165) is 0 Å². The molecule has 2 aromatic rings. The minimum absolute atomic E-state index is 0.0215. The highest BCUT2D eigenvalue weighted by Gasteiger charge is 2.17. The predicted octanol–water partition coefficient (Wildman–Crippen LogP) is 3.36. The molecule has 7 heteroatoms. The topological polar surface area (TPSA) is 75.6 Å². The summed E-state index contributed by atoms with van der Waals surface area (Å²) >= 11 is 7.05. The molecule has 2 N–H and O–H groups in total. The van der Waals surface area contributed by atoms with Crippen molar-refractivity contribution in [3.05, 3.63) is 45.1 Å². The van der Waals surface area contributed by atoms with Crippen LogP contribution in [0.15, 0.2) is 29.6 Å².